The van der Waals surface area contributed by atoms with Gasteiger partial charge in [-0.1, -0.05) is 0 Å². The summed E-state index contributed by atoms with van der Waals surface area (Å²) in [6.45, 7) is 2.15. The Morgan fingerprint density at radius 2 is 1.26 bits per heavy atom. The molecule has 0 fully saturated rings. The Morgan fingerprint density at radius 1 is 0.789 bits per heavy atom. The first-order valence-electron chi connectivity index (χ1n) is 12.2. The number of hydrogen-bond donors (Lipinski definition) is 0. The Bertz CT molecular complexity index is 1440. The van der Waals surface area contributed by atoms with Crippen molar-refractivity contribution in [2.45, 2.75) is 13.5 Å². The van der Waals surface area contributed by atoms with Crippen LogP contribution in [0, 0.1) is 6.92 Å². The first-order valence-corrected chi connectivity index (χ1v) is 18.2. The van der Waals surface area contributed by atoms with Gasteiger partial charge in [-0.3, -0.25) is 0 Å². The van der Waals surface area contributed by atoms with Crippen molar-refractivity contribution in [1.82, 2.24) is 4.98 Å². The van der Waals surface area contributed by atoms with Gasteiger partial charge in [0.15, 0.2) is 0 Å². The molecule has 0 aliphatic carbocycles. The SMILES string of the molecule is Cc1nc(-c2ccc(Br)cc2)sc1COC(=O)CP(Br)(c1ccccc1)(c1ccccc1)c1ccccc1. The van der Waals surface area contributed by atoms with E-state index < -0.39 is 5.31 Å². The second kappa shape index (κ2) is 11.2. The van der Waals surface area contributed by atoms with Gasteiger partial charge in [0.2, 0.25) is 0 Å². The first-order chi connectivity index (χ1) is 18.4. The molecule has 7 heteroatoms. The molecule has 3 nitrogen and oxygen atoms in total. The molecule has 0 aliphatic rings. The van der Waals surface area contributed by atoms with E-state index in [1.807, 2.05) is 85.8 Å². The van der Waals surface area contributed by atoms with E-state index in [4.69, 9.17) is 9.72 Å². The van der Waals surface area contributed by atoms with Crippen molar-refractivity contribution >= 4 is 69.9 Å². The summed E-state index contributed by atoms with van der Waals surface area (Å²) in [5.74, 6) is -0.255. The van der Waals surface area contributed by atoms with E-state index >= 15 is 0 Å². The second-order valence-corrected chi connectivity index (χ2v) is 20.0. The molecule has 0 saturated heterocycles. The molecule has 0 bridgehead atoms. The molecule has 1 aromatic heterocycles. The van der Waals surface area contributed by atoms with Crippen molar-refractivity contribution in [3.05, 3.63) is 130 Å². The van der Waals surface area contributed by atoms with E-state index in [1.54, 1.807) is 11.3 Å². The molecule has 0 aliphatic heterocycles. The van der Waals surface area contributed by atoms with Crippen LogP contribution in [0.25, 0.3) is 10.6 Å². The number of hydrogen-bond acceptors (Lipinski definition) is 4. The van der Waals surface area contributed by atoms with Gasteiger partial charge < -0.3 is 0 Å². The number of nitrogens with zero attached hydrogens (tertiary/aromatic N) is 1. The second-order valence-electron chi connectivity index (χ2n) is 9.04. The fourth-order valence-electron chi connectivity index (χ4n) is 4.65. The van der Waals surface area contributed by atoms with Crippen LogP contribution in [-0.2, 0) is 16.1 Å². The van der Waals surface area contributed by atoms with Gasteiger partial charge in [0.25, 0.3) is 0 Å². The van der Waals surface area contributed by atoms with Crippen LogP contribution in [-0.4, -0.2) is 17.1 Å². The predicted molar refractivity (Wildman–Crippen MR) is 169 cm³/mol. The third-order valence-corrected chi connectivity index (χ3v) is 17.8. The Morgan fingerprint density at radius 3 is 1.74 bits per heavy atom. The van der Waals surface area contributed by atoms with Gasteiger partial charge in [-0.25, -0.2) is 0 Å². The van der Waals surface area contributed by atoms with Gasteiger partial charge >= 0.3 is 245 Å². The molecule has 192 valence electrons. The number of ether oxygens (including phenoxy) is 1. The van der Waals surface area contributed by atoms with Crippen LogP contribution < -0.4 is 15.9 Å². The average Bonchev–Trinajstić information content (AvgIpc) is 3.34. The van der Waals surface area contributed by atoms with E-state index in [0.717, 1.165) is 41.5 Å². The minimum atomic E-state index is -3.39. The summed E-state index contributed by atoms with van der Waals surface area (Å²) in [7, 11) is 0. The predicted octanol–water partition coefficient (Wildman–Crippen LogP) is 7.76. The summed E-state index contributed by atoms with van der Waals surface area (Å²) in [6, 6.07) is 38.9. The number of benzene rings is 4. The third kappa shape index (κ3) is 5.15. The van der Waals surface area contributed by atoms with Crippen molar-refractivity contribution in [2.24, 2.45) is 0 Å². The quantitative estimate of drug-likeness (QED) is 0.126. The van der Waals surface area contributed by atoms with Crippen molar-refractivity contribution < 1.29 is 9.53 Å². The van der Waals surface area contributed by atoms with Gasteiger partial charge in [-0.2, -0.15) is 0 Å². The zero-order valence-corrected chi connectivity index (χ0v) is 25.6. The van der Waals surface area contributed by atoms with Gasteiger partial charge in [0.1, 0.15) is 0 Å². The Kier molecular flexibility index (Phi) is 7.97. The number of halogens is 2. The van der Waals surface area contributed by atoms with E-state index in [0.29, 0.717) is 0 Å². The van der Waals surface area contributed by atoms with Crippen molar-refractivity contribution in [1.29, 1.82) is 0 Å². The zero-order valence-electron chi connectivity index (χ0n) is 20.8. The summed E-state index contributed by atoms with van der Waals surface area (Å²) >= 11 is 9.36. The Hall–Kier alpha value is -2.63. The fourth-order valence-corrected chi connectivity index (χ4v) is 13.0. The van der Waals surface area contributed by atoms with Crippen LogP contribution in [0.5, 0.6) is 0 Å². The van der Waals surface area contributed by atoms with E-state index in [9.17, 15) is 4.79 Å². The summed E-state index contributed by atoms with van der Waals surface area (Å²) in [6.07, 6.45) is 0.195. The van der Waals surface area contributed by atoms with Crippen LogP contribution >= 0.6 is 48.1 Å². The Labute approximate surface area is 243 Å². The molecule has 4 aromatic carbocycles. The van der Waals surface area contributed by atoms with Crippen LogP contribution in [0.15, 0.2) is 120 Å². The molecular weight excluding hydrogens is 641 g/mol. The normalized spacial score (nSPS) is 12.4. The maximum absolute atomic E-state index is 13.7. The number of esters is 1. The van der Waals surface area contributed by atoms with Gasteiger partial charge in [0, 0.05) is 0 Å². The number of aromatic nitrogens is 1. The number of rotatable bonds is 8. The molecule has 0 spiro atoms. The summed E-state index contributed by atoms with van der Waals surface area (Å²) < 4.78 is 7.01. The maximum atomic E-state index is 13.7. The summed E-state index contributed by atoms with van der Waals surface area (Å²) in [4.78, 5) is 19.4. The number of carbonyl (C=O) groups is 1. The summed E-state index contributed by atoms with van der Waals surface area (Å²) in [5, 5.41) is 0.774. The van der Waals surface area contributed by atoms with Crippen molar-refractivity contribution in [2.75, 3.05) is 6.16 Å². The van der Waals surface area contributed by atoms with Gasteiger partial charge in [0.05, 0.1) is 0 Å². The molecule has 0 atom stereocenters. The van der Waals surface area contributed by atoms with Crippen LogP contribution in [0.3, 0.4) is 0 Å². The van der Waals surface area contributed by atoms with E-state index in [1.165, 1.54) is 0 Å². The Balaban J connectivity index is 1.49. The molecule has 0 N–H and O–H groups in total. The fraction of sp³-hybridized carbons (Fsp3) is 0.0968. The number of thiazole rings is 1. The van der Waals surface area contributed by atoms with Crippen LogP contribution in [0.1, 0.15) is 10.6 Å². The van der Waals surface area contributed by atoms with Crippen LogP contribution in [0.2, 0.25) is 0 Å². The van der Waals surface area contributed by atoms with E-state index in [-0.39, 0.29) is 18.7 Å². The third-order valence-electron chi connectivity index (χ3n) is 6.66. The van der Waals surface area contributed by atoms with Crippen molar-refractivity contribution in [3.63, 3.8) is 0 Å². The van der Waals surface area contributed by atoms with Crippen LogP contribution in [0.4, 0.5) is 0 Å². The first kappa shape index (κ1) is 27.0. The average molecular weight is 667 g/mol. The topological polar surface area (TPSA) is 39.2 Å². The van der Waals surface area contributed by atoms with Gasteiger partial charge in [-0.05, 0) is 0 Å². The molecule has 5 aromatic rings. The number of aryl methyl sites for hydroxylation is 1. The molecule has 1 heterocycles. The zero-order chi connectivity index (χ0) is 26.6. The molecule has 0 amide bonds. The summed E-state index contributed by atoms with van der Waals surface area (Å²) in [5.41, 5.74) is 1.92. The molecule has 0 saturated carbocycles. The molecule has 38 heavy (non-hydrogen) atoms. The standard InChI is InChI=1S/C31H26Br2NO2PS/c1-23-29(38-31(34-23)24-17-19-25(32)20-18-24)21-36-30(35)22-37(33,26-11-5-2-6-12-26,27-13-7-3-8-14-27)28-15-9-4-10-16-28/h2-20H,21-22H2,1H3. The van der Waals surface area contributed by atoms with Gasteiger partial charge in [-0.15, -0.1) is 0 Å². The van der Waals surface area contributed by atoms with Crippen molar-refractivity contribution in [3.8, 4) is 10.6 Å². The molecule has 0 unspecified atom stereocenters. The molecular formula is C31H26Br2NO2PS. The monoisotopic (exact) mass is 665 g/mol. The molecule has 5 rings (SSSR count). The molecule has 0 radical (unpaired) electrons. The number of carbonyl (C=O) groups excluding carboxylic acids is 1. The minimum absolute atomic E-state index is 0.191. The van der Waals surface area contributed by atoms with E-state index in [2.05, 4.69) is 67.8 Å².